The number of hydrogen-bond donors (Lipinski definition) is 1. The van der Waals surface area contributed by atoms with Crippen molar-refractivity contribution in [1.29, 1.82) is 0 Å². The molecule has 96 valence electrons. The van der Waals surface area contributed by atoms with E-state index in [0.717, 1.165) is 19.6 Å². The molecule has 1 aliphatic rings. The molecule has 1 aliphatic heterocycles. The highest BCUT2D eigenvalue weighted by Gasteiger charge is 2.32. The molecular weight excluding hydrogens is 222 g/mol. The van der Waals surface area contributed by atoms with Crippen molar-refractivity contribution in [3.63, 3.8) is 0 Å². The second-order valence-electron chi connectivity index (χ2n) is 5.54. The topological polar surface area (TPSA) is 34.2 Å². The Morgan fingerprint density at radius 1 is 1.22 bits per heavy atom. The van der Waals surface area contributed by atoms with E-state index < -0.39 is 0 Å². The van der Waals surface area contributed by atoms with Crippen LogP contribution in [0.5, 0.6) is 0 Å². The van der Waals surface area contributed by atoms with Crippen molar-refractivity contribution in [2.75, 3.05) is 26.7 Å². The SMILES string of the molecule is CN1CC(CN)C(c2cn(C)c3ccccc23)C1. The number of fused-ring (bicyclic) bond motifs is 1. The minimum atomic E-state index is 0.575. The van der Waals surface area contributed by atoms with Gasteiger partial charge < -0.3 is 15.2 Å². The Morgan fingerprint density at radius 3 is 2.78 bits per heavy atom. The molecule has 2 atom stereocenters. The predicted octanol–water partition coefficient (Wildman–Crippen LogP) is 1.78. The average Bonchev–Trinajstić information content (AvgIpc) is 2.91. The van der Waals surface area contributed by atoms with E-state index in [1.807, 2.05) is 0 Å². The molecule has 0 aliphatic carbocycles. The van der Waals surface area contributed by atoms with Crippen molar-refractivity contribution < 1.29 is 0 Å². The molecule has 2 N–H and O–H groups in total. The van der Waals surface area contributed by atoms with E-state index in [-0.39, 0.29) is 0 Å². The van der Waals surface area contributed by atoms with Crippen molar-refractivity contribution in [3.8, 4) is 0 Å². The van der Waals surface area contributed by atoms with Gasteiger partial charge in [-0.25, -0.2) is 0 Å². The third-order valence-electron chi connectivity index (χ3n) is 4.25. The van der Waals surface area contributed by atoms with Crippen molar-refractivity contribution in [3.05, 3.63) is 36.0 Å². The molecule has 0 amide bonds. The Labute approximate surface area is 108 Å². The first-order valence-electron chi connectivity index (χ1n) is 6.63. The highest BCUT2D eigenvalue weighted by Crippen LogP contribution is 2.36. The van der Waals surface area contributed by atoms with Gasteiger partial charge in [0.2, 0.25) is 0 Å². The summed E-state index contributed by atoms with van der Waals surface area (Å²) in [5.41, 5.74) is 8.72. The molecule has 2 unspecified atom stereocenters. The van der Waals surface area contributed by atoms with Crippen LogP contribution in [0.2, 0.25) is 0 Å². The number of rotatable bonds is 2. The maximum Gasteiger partial charge on any atom is 0.0480 e. The number of nitrogens with zero attached hydrogens (tertiary/aromatic N) is 2. The van der Waals surface area contributed by atoms with Crippen LogP contribution in [0, 0.1) is 5.92 Å². The third-order valence-corrected chi connectivity index (χ3v) is 4.25. The first kappa shape index (κ1) is 11.8. The molecule has 18 heavy (non-hydrogen) atoms. The van der Waals surface area contributed by atoms with Gasteiger partial charge in [0, 0.05) is 43.2 Å². The summed E-state index contributed by atoms with van der Waals surface area (Å²) >= 11 is 0. The fourth-order valence-corrected chi connectivity index (χ4v) is 3.35. The molecular formula is C15H21N3. The summed E-state index contributed by atoms with van der Waals surface area (Å²) in [6, 6.07) is 8.65. The fourth-order valence-electron chi connectivity index (χ4n) is 3.35. The fraction of sp³-hybridized carbons (Fsp3) is 0.467. The molecule has 0 radical (unpaired) electrons. The Morgan fingerprint density at radius 2 is 2.00 bits per heavy atom. The summed E-state index contributed by atoms with van der Waals surface area (Å²) < 4.78 is 2.23. The molecule has 3 nitrogen and oxygen atoms in total. The van der Waals surface area contributed by atoms with E-state index in [2.05, 4.69) is 54.0 Å². The summed E-state index contributed by atoms with van der Waals surface area (Å²) in [6.07, 6.45) is 2.29. The summed E-state index contributed by atoms with van der Waals surface area (Å²) in [5.74, 6) is 1.16. The first-order valence-corrected chi connectivity index (χ1v) is 6.63. The Kier molecular flexibility index (Phi) is 2.88. The third kappa shape index (κ3) is 1.74. The molecule has 0 bridgehead atoms. The second kappa shape index (κ2) is 4.41. The van der Waals surface area contributed by atoms with Crippen molar-refractivity contribution >= 4 is 10.9 Å². The van der Waals surface area contributed by atoms with Gasteiger partial charge in [0.15, 0.2) is 0 Å². The second-order valence-corrected chi connectivity index (χ2v) is 5.54. The summed E-state index contributed by atoms with van der Waals surface area (Å²) in [7, 11) is 4.32. The average molecular weight is 243 g/mol. The number of nitrogens with two attached hydrogens (primary N) is 1. The maximum absolute atomic E-state index is 5.94. The van der Waals surface area contributed by atoms with Crippen LogP contribution in [-0.4, -0.2) is 36.1 Å². The largest absolute Gasteiger partial charge is 0.350 e. The molecule has 0 saturated carbocycles. The van der Waals surface area contributed by atoms with E-state index >= 15 is 0 Å². The molecule has 0 spiro atoms. The lowest BCUT2D eigenvalue weighted by Gasteiger charge is -2.15. The van der Waals surface area contributed by atoms with Gasteiger partial charge in [0.1, 0.15) is 0 Å². The molecule has 1 aromatic heterocycles. The van der Waals surface area contributed by atoms with Gasteiger partial charge in [-0.05, 0) is 31.1 Å². The first-order chi connectivity index (χ1) is 8.70. The van der Waals surface area contributed by atoms with Gasteiger partial charge in [-0.2, -0.15) is 0 Å². The molecule has 1 fully saturated rings. The highest BCUT2D eigenvalue weighted by molar-refractivity contribution is 5.84. The normalized spacial score (nSPS) is 25.1. The molecule has 3 rings (SSSR count). The monoisotopic (exact) mass is 243 g/mol. The van der Waals surface area contributed by atoms with Gasteiger partial charge in [-0.1, -0.05) is 18.2 Å². The predicted molar refractivity (Wildman–Crippen MR) is 75.7 cm³/mol. The van der Waals surface area contributed by atoms with Gasteiger partial charge >= 0.3 is 0 Å². The standard InChI is InChI=1S/C15H21N3/c1-17-8-11(7-16)13(9-17)14-10-18(2)15-6-4-3-5-12(14)15/h3-6,10-11,13H,7-9,16H2,1-2H3. The summed E-state index contributed by atoms with van der Waals surface area (Å²) in [5, 5.41) is 1.39. The van der Waals surface area contributed by atoms with Crippen LogP contribution in [0.1, 0.15) is 11.5 Å². The zero-order chi connectivity index (χ0) is 12.7. The van der Waals surface area contributed by atoms with Crippen LogP contribution >= 0.6 is 0 Å². The van der Waals surface area contributed by atoms with Crippen molar-refractivity contribution in [2.24, 2.45) is 18.7 Å². The quantitative estimate of drug-likeness (QED) is 0.872. The minimum Gasteiger partial charge on any atom is -0.350 e. The lowest BCUT2D eigenvalue weighted by Crippen LogP contribution is -2.21. The van der Waals surface area contributed by atoms with E-state index in [1.165, 1.54) is 16.5 Å². The Hall–Kier alpha value is -1.32. The van der Waals surface area contributed by atoms with Crippen molar-refractivity contribution in [2.45, 2.75) is 5.92 Å². The van der Waals surface area contributed by atoms with Gasteiger partial charge in [-0.3, -0.25) is 0 Å². The number of likely N-dealkylation sites (tertiary alicyclic amines) is 1. The molecule has 2 aromatic rings. The lowest BCUT2D eigenvalue weighted by molar-refractivity contribution is 0.397. The highest BCUT2D eigenvalue weighted by atomic mass is 15.1. The number of para-hydroxylation sites is 1. The van der Waals surface area contributed by atoms with Crippen LogP contribution in [0.4, 0.5) is 0 Å². The zero-order valence-electron chi connectivity index (χ0n) is 11.1. The zero-order valence-corrected chi connectivity index (χ0v) is 11.1. The van der Waals surface area contributed by atoms with E-state index in [0.29, 0.717) is 11.8 Å². The van der Waals surface area contributed by atoms with Gasteiger partial charge in [0.05, 0.1) is 0 Å². The van der Waals surface area contributed by atoms with E-state index in [4.69, 9.17) is 5.73 Å². The minimum absolute atomic E-state index is 0.575. The van der Waals surface area contributed by atoms with E-state index in [1.54, 1.807) is 0 Å². The molecule has 2 heterocycles. The van der Waals surface area contributed by atoms with Crippen LogP contribution in [0.25, 0.3) is 10.9 Å². The summed E-state index contributed by atoms with van der Waals surface area (Å²) in [6.45, 7) is 3.01. The van der Waals surface area contributed by atoms with Gasteiger partial charge in [-0.15, -0.1) is 0 Å². The molecule has 1 saturated heterocycles. The Bertz CT molecular complexity index is 558. The molecule has 1 aromatic carbocycles. The van der Waals surface area contributed by atoms with E-state index in [9.17, 15) is 0 Å². The number of benzene rings is 1. The van der Waals surface area contributed by atoms with Crippen LogP contribution in [0.15, 0.2) is 30.5 Å². The smallest absolute Gasteiger partial charge is 0.0480 e. The van der Waals surface area contributed by atoms with Crippen LogP contribution in [-0.2, 0) is 7.05 Å². The number of likely N-dealkylation sites (N-methyl/N-ethyl adjacent to an activating group) is 1. The van der Waals surface area contributed by atoms with Crippen molar-refractivity contribution in [1.82, 2.24) is 9.47 Å². The van der Waals surface area contributed by atoms with Crippen LogP contribution < -0.4 is 5.73 Å². The number of aryl methyl sites for hydroxylation is 1. The number of hydrogen-bond acceptors (Lipinski definition) is 2. The summed E-state index contributed by atoms with van der Waals surface area (Å²) in [4.78, 5) is 2.39. The molecule has 3 heteroatoms. The van der Waals surface area contributed by atoms with Gasteiger partial charge in [0.25, 0.3) is 0 Å². The Balaban J connectivity index is 2.09. The lowest BCUT2D eigenvalue weighted by atomic mass is 9.89. The number of aromatic nitrogens is 1. The maximum atomic E-state index is 5.94. The van der Waals surface area contributed by atoms with Crippen LogP contribution in [0.3, 0.4) is 0 Å².